The second kappa shape index (κ2) is 9.62. The number of carbonyl (C=O) groups excluding carboxylic acids is 1. The first-order valence-corrected chi connectivity index (χ1v) is 10.6. The van der Waals surface area contributed by atoms with E-state index >= 15 is 0 Å². The lowest BCUT2D eigenvalue weighted by Gasteiger charge is -2.13. The molecule has 0 heterocycles. The zero-order valence-electron chi connectivity index (χ0n) is 16.5. The molecule has 0 spiro atoms. The SMILES string of the molecule is Cc1ccc(S(=O)(=O)NCCCC(=O)O[C@@H](C)c2cccc([N+](=O)[O-])c2)cc1C. The Morgan fingerprint density at radius 1 is 1.17 bits per heavy atom. The van der Waals surface area contributed by atoms with Gasteiger partial charge in [-0.05, 0) is 56.0 Å². The van der Waals surface area contributed by atoms with Crippen molar-refractivity contribution in [2.75, 3.05) is 6.54 Å². The Bertz CT molecular complexity index is 1000. The van der Waals surface area contributed by atoms with Crippen LogP contribution < -0.4 is 4.72 Å². The fourth-order valence-electron chi connectivity index (χ4n) is 2.62. The molecule has 2 rings (SSSR count). The quantitative estimate of drug-likeness (QED) is 0.287. The van der Waals surface area contributed by atoms with Crippen molar-refractivity contribution in [3.63, 3.8) is 0 Å². The molecule has 0 fully saturated rings. The molecule has 0 aliphatic heterocycles. The van der Waals surface area contributed by atoms with Crippen LogP contribution in [0.1, 0.15) is 42.6 Å². The van der Waals surface area contributed by atoms with Crippen LogP contribution >= 0.6 is 0 Å². The monoisotopic (exact) mass is 420 g/mol. The number of aryl methyl sites for hydroxylation is 2. The fourth-order valence-corrected chi connectivity index (χ4v) is 3.78. The Hall–Kier alpha value is -2.78. The number of hydrogen-bond acceptors (Lipinski definition) is 6. The van der Waals surface area contributed by atoms with Crippen LogP contribution in [0.5, 0.6) is 0 Å². The molecule has 2 aromatic rings. The maximum Gasteiger partial charge on any atom is 0.306 e. The Morgan fingerprint density at radius 2 is 1.90 bits per heavy atom. The maximum absolute atomic E-state index is 12.3. The van der Waals surface area contributed by atoms with E-state index < -0.39 is 27.0 Å². The van der Waals surface area contributed by atoms with Crippen molar-refractivity contribution in [3.05, 3.63) is 69.3 Å². The zero-order valence-corrected chi connectivity index (χ0v) is 17.4. The molecule has 0 aromatic heterocycles. The molecule has 156 valence electrons. The Labute approximate surface area is 170 Å². The average molecular weight is 420 g/mol. The molecule has 0 saturated carbocycles. The van der Waals surface area contributed by atoms with Crippen LogP contribution in [-0.4, -0.2) is 25.9 Å². The van der Waals surface area contributed by atoms with E-state index in [1.807, 2.05) is 13.8 Å². The van der Waals surface area contributed by atoms with Crippen LogP contribution in [0, 0.1) is 24.0 Å². The van der Waals surface area contributed by atoms with Crippen molar-refractivity contribution in [1.82, 2.24) is 4.72 Å². The first-order valence-electron chi connectivity index (χ1n) is 9.11. The Kier molecular flexibility index (Phi) is 7.46. The van der Waals surface area contributed by atoms with Crippen molar-refractivity contribution in [1.29, 1.82) is 0 Å². The number of nitro groups is 1. The van der Waals surface area contributed by atoms with Gasteiger partial charge in [-0.25, -0.2) is 13.1 Å². The number of non-ortho nitro benzene ring substituents is 1. The molecular weight excluding hydrogens is 396 g/mol. The van der Waals surface area contributed by atoms with Crippen molar-refractivity contribution >= 4 is 21.7 Å². The molecule has 1 N–H and O–H groups in total. The minimum Gasteiger partial charge on any atom is -0.458 e. The van der Waals surface area contributed by atoms with Gasteiger partial charge in [-0.3, -0.25) is 14.9 Å². The van der Waals surface area contributed by atoms with Gasteiger partial charge in [-0.15, -0.1) is 0 Å². The van der Waals surface area contributed by atoms with E-state index in [-0.39, 0.29) is 30.0 Å². The number of rotatable bonds is 9. The van der Waals surface area contributed by atoms with Gasteiger partial charge in [0.05, 0.1) is 9.82 Å². The molecule has 0 aliphatic rings. The van der Waals surface area contributed by atoms with Gasteiger partial charge in [0.15, 0.2) is 0 Å². The smallest absolute Gasteiger partial charge is 0.306 e. The van der Waals surface area contributed by atoms with Crippen molar-refractivity contribution in [2.45, 2.75) is 44.6 Å². The van der Waals surface area contributed by atoms with E-state index in [0.717, 1.165) is 11.1 Å². The van der Waals surface area contributed by atoms with Crippen LogP contribution in [0.4, 0.5) is 5.69 Å². The Balaban J connectivity index is 1.83. The number of ether oxygens (including phenoxy) is 1. The molecule has 0 bridgehead atoms. The average Bonchev–Trinajstić information content (AvgIpc) is 2.67. The first-order chi connectivity index (χ1) is 13.6. The minimum atomic E-state index is -3.64. The number of nitrogens with zero attached hydrogens (tertiary/aromatic N) is 1. The summed E-state index contributed by atoms with van der Waals surface area (Å²) in [5, 5.41) is 10.8. The number of carbonyl (C=O) groups is 1. The van der Waals surface area contributed by atoms with Crippen LogP contribution in [0.15, 0.2) is 47.4 Å². The number of nitro benzene ring substituents is 1. The van der Waals surface area contributed by atoms with Crippen LogP contribution in [-0.2, 0) is 19.6 Å². The number of hydrogen-bond donors (Lipinski definition) is 1. The normalized spacial score (nSPS) is 12.4. The number of benzene rings is 2. The summed E-state index contributed by atoms with van der Waals surface area (Å²) in [5.41, 5.74) is 2.32. The van der Waals surface area contributed by atoms with E-state index in [4.69, 9.17) is 4.74 Å². The van der Waals surface area contributed by atoms with E-state index in [2.05, 4.69) is 4.72 Å². The summed E-state index contributed by atoms with van der Waals surface area (Å²) in [7, 11) is -3.64. The Morgan fingerprint density at radius 3 is 2.55 bits per heavy atom. The predicted molar refractivity (Wildman–Crippen MR) is 108 cm³/mol. The molecule has 0 amide bonds. The third kappa shape index (κ3) is 6.37. The maximum atomic E-state index is 12.3. The number of nitrogens with one attached hydrogen (secondary N) is 1. The summed E-state index contributed by atoms with van der Waals surface area (Å²) < 4.78 is 32.4. The van der Waals surface area contributed by atoms with Crippen LogP contribution in [0.2, 0.25) is 0 Å². The topological polar surface area (TPSA) is 116 Å². The van der Waals surface area contributed by atoms with Gasteiger partial charge in [0.25, 0.3) is 5.69 Å². The number of esters is 1. The molecule has 0 unspecified atom stereocenters. The molecule has 1 atom stereocenters. The molecule has 0 radical (unpaired) electrons. The van der Waals surface area contributed by atoms with Gasteiger partial charge < -0.3 is 4.74 Å². The van der Waals surface area contributed by atoms with E-state index in [0.29, 0.717) is 5.56 Å². The third-order valence-electron chi connectivity index (χ3n) is 4.50. The van der Waals surface area contributed by atoms with Gasteiger partial charge in [0.1, 0.15) is 6.10 Å². The van der Waals surface area contributed by atoms with Crippen molar-refractivity contribution < 1.29 is 22.9 Å². The lowest BCUT2D eigenvalue weighted by Crippen LogP contribution is -2.25. The fraction of sp³-hybridized carbons (Fsp3) is 0.350. The summed E-state index contributed by atoms with van der Waals surface area (Å²) in [6.45, 7) is 5.46. The summed E-state index contributed by atoms with van der Waals surface area (Å²) in [4.78, 5) is 22.5. The minimum absolute atomic E-state index is 0.0225. The predicted octanol–water partition coefficient (Wildman–Crippen LogP) is 3.57. The van der Waals surface area contributed by atoms with Gasteiger partial charge in [0, 0.05) is 25.1 Å². The molecule has 9 heteroatoms. The van der Waals surface area contributed by atoms with Crippen LogP contribution in [0.3, 0.4) is 0 Å². The standard InChI is InChI=1S/C20H24N2O6S/c1-14-9-10-19(12-15(14)2)29(26,27)21-11-5-8-20(23)28-16(3)17-6-4-7-18(13-17)22(24)25/h4,6-7,9-10,12-13,16,21H,5,8,11H2,1-3H3/t16-/m0/s1. The summed E-state index contributed by atoms with van der Waals surface area (Å²) >= 11 is 0. The molecule has 0 aliphatic carbocycles. The molecule has 29 heavy (non-hydrogen) atoms. The van der Waals surface area contributed by atoms with Gasteiger partial charge in [-0.2, -0.15) is 0 Å². The molecule has 0 saturated heterocycles. The highest BCUT2D eigenvalue weighted by Gasteiger charge is 2.17. The highest BCUT2D eigenvalue weighted by atomic mass is 32.2. The third-order valence-corrected chi connectivity index (χ3v) is 5.96. The van der Waals surface area contributed by atoms with E-state index in [9.17, 15) is 23.3 Å². The number of sulfonamides is 1. The first kappa shape index (κ1) is 22.5. The lowest BCUT2D eigenvalue weighted by atomic mass is 10.1. The van der Waals surface area contributed by atoms with E-state index in [1.165, 1.54) is 18.2 Å². The largest absolute Gasteiger partial charge is 0.458 e. The van der Waals surface area contributed by atoms with Gasteiger partial charge >= 0.3 is 5.97 Å². The van der Waals surface area contributed by atoms with Crippen molar-refractivity contribution in [3.8, 4) is 0 Å². The van der Waals surface area contributed by atoms with Gasteiger partial charge in [-0.1, -0.05) is 18.2 Å². The highest BCUT2D eigenvalue weighted by Crippen LogP contribution is 2.22. The summed E-state index contributed by atoms with van der Waals surface area (Å²) in [5.74, 6) is -0.505. The zero-order chi connectivity index (χ0) is 21.6. The summed E-state index contributed by atoms with van der Waals surface area (Å²) in [6, 6.07) is 10.8. The van der Waals surface area contributed by atoms with Crippen molar-refractivity contribution in [2.24, 2.45) is 0 Å². The molecule has 2 aromatic carbocycles. The summed E-state index contributed by atoms with van der Waals surface area (Å²) in [6.07, 6.45) is -0.353. The second-order valence-corrected chi connectivity index (χ2v) is 8.50. The second-order valence-electron chi connectivity index (χ2n) is 6.73. The van der Waals surface area contributed by atoms with Gasteiger partial charge in [0.2, 0.25) is 10.0 Å². The van der Waals surface area contributed by atoms with Crippen LogP contribution in [0.25, 0.3) is 0 Å². The molecular formula is C20H24N2O6S. The molecule has 8 nitrogen and oxygen atoms in total. The lowest BCUT2D eigenvalue weighted by molar-refractivity contribution is -0.385. The highest BCUT2D eigenvalue weighted by molar-refractivity contribution is 7.89. The van der Waals surface area contributed by atoms with E-state index in [1.54, 1.807) is 31.2 Å².